The molecule has 0 aromatic carbocycles. The summed E-state index contributed by atoms with van der Waals surface area (Å²) >= 11 is 3.44. The van der Waals surface area contributed by atoms with Crippen LogP contribution in [0.25, 0.3) is 0 Å². The number of pyridine rings is 1. The van der Waals surface area contributed by atoms with Crippen molar-refractivity contribution in [2.45, 2.75) is 52.0 Å². The molecular formula is C16H25BrN2. The summed E-state index contributed by atoms with van der Waals surface area (Å²) in [4.78, 5) is 4.52. The van der Waals surface area contributed by atoms with E-state index in [1.807, 2.05) is 6.20 Å². The third-order valence-electron chi connectivity index (χ3n) is 3.97. The summed E-state index contributed by atoms with van der Waals surface area (Å²) < 4.78 is 1.06. The zero-order chi connectivity index (χ0) is 13.9. The van der Waals surface area contributed by atoms with Crippen molar-refractivity contribution in [2.75, 3.05) is 6.54 Å². The minimum atomic E-state index is 0.225. The molecule has 106 valence electrons. The lowest BCUT2D eigenvalue weighted by Gasteiger charge is -2.26. The van der Waals surface area contributed by atoms with Crippen LogP contribution in [0.3, 0.4) is 0 Å². The van der Waals surface area contributed by atoms with Crippen LogP contribution >= 0.6 is 15.9 Å². The van der Waals surface area contributed by atoms with Gasteiger partial charge in [0.1, 0.15) is 0 Å². The van der Waals surface area contributed by atoms with Gasteiger partial charge in [0.15, 0.2) is 0 Å². The van der Waals surface area contributed by atoms with Gasteiger partial charge >= 0.3 is 0 Å². The topological polar surface area (TPSA) is 24.9 Å². The first-order valence-corrected chi connectivity index (χ1v) is 8.09. The summed E-state index contributed by atoms with van der Waals surface area (Å²) in [5.74, 6) is 1.60. The minimum absolute atomic E-state index is 0.225. The molecular weight excluding hydrogens is 300 g/mol. The molecule has 1 N–H and O–H groups in total. The fourth-order valence-electron chi connectivity index (χ4n) is 2.88. The van der Waals surface area contributed by atoms with Gasteiger partial charge in [0.05, 0.1) is 0 Å². The maximum Gasteiger partial charge on any atom is 0.0413 e. The SMILES string of the molecule is CC(C)(C)NCC1CCCC1Cc1ccc(Br)cn1. The minimum Gasteiger partial charge on any atom is -0.312 e. The molecule has 1 aliphatic carbocycles. The van der Waals surface area contributed by atoms with Crippen LogP contribution in [0.5, 0.6) is 0 Å². The van der Waals surface area contributed by atoms with Crippen LogP contribution in [-0.2, 0) is 6.42 Å². The van der Waals surface area contributed by atoms with E-state index in [1.165, 1.54) is 25.0 Å². The molecule has 0 spiro atoms. The average molecular weight is 325 g/mol. The highest BCUT2D eigenvalue weighted by molar-refractivity contribution is 9.10. The molecule has 1 fully saturated rings. The van der Waals surface area contributed by atoms with Crippen molar-refractivity contribution in [3.05, 3.63) is 28.5 Å². The van der Waals surface area contributed by atoms with Crippen molar-refractivity contribution < 1.29 is 0 Å². The van der Waals surface area contributed by atoms with Gasteiger partial charge < -0.3 is 5.32 Å². The lowest BCUT2D eigenvalue weighted by Crippen LogP contribution is -2.40. The van der Waals surface area contributed by atoms with Gasteiger partial charge in [-0.3, -0.25) is 4.98 Å². The van der Waals surface area contributed by atoms with Crippen molar-refractivity contribution in [1.29, 1.82) is 0 Å². The molecule has 2 atom stereocenters. The molecule has 2 rings (SSSR count). The van der Waals surface area contributed by atoms with E-state index in [0.29, 0.717) is 0 Å². The van der Waals surface area contributed by atoms with E-state index in [9.17, 15) is 0 Å². The maximum absolute atomic E-state index is 4.52. The molecule has 1 aromatic rings. The van der Waals surface area contributed by atoms with Crippen LogP contribution in [0.15, 0.2) is 22.8 Å². The zero-order valence-corrected chi connectivity index (χ0v) is 13.8. The fraction of sp³-hybridized carbons (Fsp3) is 0.688. The number of hydrogen-bond donors (Lipinski definition) is 1. The first-order valence-electron chi connectivity index (χ1n) is 7.29. The van der Waals surface area contributed by atoms with Gasteiger partial charge in [0.2, 0.25) is 0 Å². The van der Waals surface area contributed by atoms with E-state index in [2.05, 4.69) is 59.1 Å². The lowest BCUT2D eigenvalue weighted by molar-refractivity contribution is 0.316. The lowest BCUT2D eigenvalue weighted by atomic mass is 9.90. The van der Waals surface area contributed by atoms with E-state index in [-0.39, 0.29) is 5.54 Å². The number of hydrogen-bond acceptors (Lipinski definition) is 2. The Balaban J connectivity index is 1.90. The standard InChI is InChI=1S/C16H25BrN2/c1-16(2,3)19-10-13-6-4-5-12(13)9-15-8-7-14(17)11-18-15/h7-8,11-13,19H,4-6,9-10H2,1-3H3. The van der Waals surface area contributed by atoms with Crippen molar-refractivity contribution in [3.8, 4) is 0 Å². The number of rotatable bonds is 4. The summed E-state index contributed by atoms with van der Waals surface area (Å²) in [5.41, 5.74) is 1.46. The summed E-state index contributed by atoms with van der Waals surface area (Å²) in [6.07, 6.45) is 7.13. The number of nitrogens with zero attached hydrogens (tertiary/aromatic N) is 1. The summed E-state index contributed by atoms with van der Waals surface area (Å²) in [7, 11) is 0. The highest BCUT2D eigenvalue weighted by Crippen LogP contribution is 2.33. The Hall–Kier alpha value is -0.410. The summed E-state index contributed by atoms with van der Waals surface area (Å²) in [5, 5.41) is 3.66. The zero-order valence-electron chi connectivity index (χ0n) is 12.2. The molecule has 1 saturated carbocycles. The number of nitrogens with one attached hydrogen (secondary N) is 1. The van der Waals surface area contributed by atoms with Crippen molar-refractivity contribution in [2.24, 2.45) is 11.8 Å². The van der Waals surface area contributed by atoms with Crippen LogP contribution < -0.4 is 5.32 Å². The first-order chi connectivity index (χ1) is 8.94. The Morgan fingerprint density at radius 1 is 1.26 bits per heavy atom. The van der Waals surface area contributed by atoms with Crippen LogP contribution in [-0.4, -0.2) is 17.1 Å². The molecule has 0 amide bonds. The van der Waals surface area contributed by atoms with Gasteiger partial charge in [-0.2, -0.15) is 0 Å². The third kappa shape index (κ3) is 4.88. The fourth-order valence-corrected chi connectivity index (χ4v) is 3.12. The van der Waals surface area contributed by atoms with E-state index in [0.717, 1.165) is 29.3 Å². The second-order valence-electron chi connectivity index (χ2n) is 6.75. The highest BCUT2D eigenvalue weighted by Gasteiger charge is 2.28. The Morgan fingerprint density at radius 3 is 2.63 bits per heavy atom. The van der Waals surface area contributed by atoms with E-state index < -0.39 is 0 Å². The first kappa shape index (κ1) is 15.0. The molecule has 0 saturated heterocycles. The maximum atomic E-state index is 4.52. The second kappa shape index (κ2) is 6.36. The highest BCUT2D eigenvalue weighted by atomic mass is 79.9. The van der Waals surface area contributed by atoms with Gasteiger partial charge in [-0.05, 0) is 86.5 Å². The van der Waals surface area contributed by atoms with E-state index in [4.69, 9.17) is 0 Å². The molecule has 0 aliphatic heterocycles. The Kier molecular flexibility index (Phi) is 5.02. The number of halogens is 1. The number of aromatic nitrogens is 1. The summed E-state index contributed by atoms with van der Waals surface area (Å²) in [6, 6.07) is 4.25. The van der Waals surface area contributed by atoms with Gasteiger partial charge in [-0.1, -0.05) is 6.42 Å². The molecule has 0 radical (unpaired) electrons. The molecule has 1 aliphatic rings. The predicted octanol–water partition coefficient (Wildman–Crippen LogP) is 4.19. The molecule has 1 heterocycles. The monoisotopic (exact) mass is 324 g/mol. The van der Waals surface area contributed by atoms with Crippen molar-refractivity contribution in [3.63, 3.8) is 0 Å². The van der Waals surface area contributed by atoms with Gasteiger partial charge in [-0.25, -0.2) is 0 Å². The Bertz CT molecular complexity index is 394. The molecule has 2 unspecified atom stereocenters. The molecule has 1 aromatic heterocycles. The van der Waals surface area contributed by atoms with Gasteiger partial charge in [-0.15, -0.1) is 0 Å². The normalized spacial score (nSPS) is 23.8. The largest absolute Gasteiger partial charge is 0.312 e. The molecule has 0 bridgehead atoms. The Labute approximate surface area is 125 Å². The smallest absolute Gasteiger partial charge is 0.0413 e. The van der Waals surface area contributed by atoms with Crippen molar-refractivity contribution >= 4 is 15.9 Å². The molecule has 3 heteroatoms. The van der Waals surface area contributed by atoms with Crippen molar-refractivity contribution in [1.82, 2.24) is 10.3 Å². The molecule has 2 nitrogen and oxygen atoms in total. The third-order valence-corrected chi connectivity index (χ3v) is 4.44. The predicted molar refractivity (Wildman–Crippen MR) is 84.2 cm³/mol. The Morgan fingerprint density at radius 2 is 2.00 bits per heavy atom. The molecule has 19 heavy (non-hydrogen) atoms. The van der Waals surface area contributed by atoms with Crippen LogP contribution in [0.4, 0.5) is 0 Å². The van der Waals surface area contributed by atoms with Gasteiger partial charge in [0, 0.05) is 21.9 Å². The van der Waals surface area contributed by atoms with Gasteiger partial charge in [0.25, 0.3) is 0 Å². The van der Waals surface area contributed by atoms with Crippen LogP contribution in [0.2, 0.25) is 0 Å². The van der Waals surface area contributed by atoms with E-state index in [1.54, 1.807) is 0 Å². The quantitative estimate of drug-likeness (QED) is 0.898. The van der Waals surface area contributed by atoms with Crippen LogP contribution in [0.1, 0.15) is 45.7 Å². The summed E-state index contributed by atoms with van der Waals surface area (Å²) in [6.45, 7) is 7.87. The van der Waals surface area contributed by atoms with Crippen LogP contribution in [0, 0.1) is 11.8 Å². The van der Waals surface area contributed by atoms with E-state index >= 15 is 0 Å². The second-order valence-corrected chi connectivity index (χ2v) is 7.67. The average Bonchev–Trinajstić information content (AvgIpc) is 2.76.